The van der Waals surface area contributed by atoms with Crippen molar-refractivity contribution in [3.05, 3.63) is 187 Å². The fraction of sp³-hybridized carbons (Fsp3) is 0.106. The predicted molar refractivity (Wildman–Crippen MR) is 215 cm³/mol. The van der Waals surface area contributed by atoms with Gasteiger partial charge < -0.3 is 9.47 Å². The summed E-state index contributed by atoms with van der Waals surface area (Å²) in [6, 6.07) is 64.0. The van der Waals surface area contributed by atoms with Gasteiger partial charge in [-0.25, -0.2) is 0 Å². The summed E-state index contributed by atoms with van der Waals surface area (Å²) in [4.78, 5) is 7.54. The van der Waals surface area contributed by atoms with Crippen LogP contribution >= 0.6 is 0 Å². The van der Waals surface area contributed by atoms with Crippen LogP contribution in [0, 0.1) is 0 Å². The highest BCUT2D eigenvalue weighted by Gasteiger charge is 2.44. The van der Waals surface area contributed by atoms with E-state index in [0.717, 1.165) is 5.69 Å². The smallest absolute Gasteiger partial charge is 0.146 e. The molecule has 52 heavy (non-hydrogen) atoms. The van der Waals surface area contributed by atoms with Crippen LogP contribution in [0.3, 0.4) is 0 Å². The largest absolute Gasteiger partial charge is 0.311 e. The average molecular weight is 674 g/mol. The lowest BCUT2D eigenvalue weighted by Gasteiger charge is -2.54. The number of nitrogens with zero attached hydrogens (tertiary/aromatic N) is 4. The maximum absolute atomic E-state index is 4.02. The summed E-state index contributed by atoms with van der Waals surface area (Å²) in [7, 11) is 4.50. The van der Waals surface area contributed by atoms with E-state index in [0.29, 0.717) is 0 Å². The highest BCUT2D eigenvalue weighted by molar-refractivity contribution is 6.18. The van der Waals surface area contributed by atoms with Crippen LogP contribution in [0.4, 0.5) is 11.4 Å². The Morgan fingerprint density at radius 1 is 0.442 bits per heavy atom. The molecule has 5 heteroatoms. The zero-order valence-electron chi connectivity index (χ0n) is 29.3. The molecule has 0 amide bonds. The number of fused-ring (bicyclic) bond motifs is 9. The van der Waals surface area contributed by atoms with Crippen molar-refractivity contribution in [2.75, 3.05) is 19.0 Å². The highest BCUT2D eigenvalue weighted by Crippen LogP contribution is 2.53. The first-order chi connectivity index (χ1) is 25.7. The van der Waals surface area contributed by atoms with Crippen LogP contribution in [0.15, 0.2) is 176 Å². The summed E-state index contributed by atoms with van der Waals surface area (Å²) in [5.41, 5.74) is 13.3. The van der Waals surface area contributed by atoms with Gasteiger partial charge in [0.15, 0.2) is 0 Å². The average Bonchev–Trinajstić information content (AvgIpc) is 3.49. The van der Waals surface area contributed by atoms with Gasteiger partial charge in [-0.3, -0.25) is 15.1 Å². The molecular formula is C47H39N5. The van der Waals surface area contributed by atoms with Crippen molar-refractivity contribution < 1.29 is 0 Å². The van der Waals surface area contributed by atoms with Gasteiger partial charge >= 0.3 is 0 Å². The summed E-state index contributed by atoms with van der Waals surface area (Å²) in [6.45, 7) is 0. The summed E-state index contributed by atoms with van der Waals surface area (Å²) in [6.07, 6.45) is -0.224. The van der Waals surface area contributed by atoms with Gasteiger partial charge in [0.05, 0.1) is 34.7 Å². The molecular weight excluding hydrogens is 635 g/mol. The lowest BCUT2D eigenvalue weighted by atomic mass is 9.92. The summed E-state index contributed by atoms with van der Waals surface area (Å²) in [5.74, 6) is 0. The zero-order chi connectivity index (χ0) is 34.8. The van der Waals surface area contributed by atoms with Crippen LogP contribution < -0.4 is 10.2 Å². The van der Waals surface area contributed by atoms with Crippen LogP contribution in [0.1, 0.15) is 23.5 Å². The fourth-order valence-electron chi connectivity index (χ4n) is 8.82. The minimum Gasteiger partial charge on any atom is -0.311 e. The quantitative estimate of drug-likeness (QED) is 0.201. The van der Waals surface area contributed by atoms with E-state index in [9.17, 15) is 0 Å². The van der Waals surface area contributed by atoms with E-state index < -0.39 is 0 Å². The molecule has 0 aliphatic carbocycles. The van der Waals surface area contributed by atoms with Crippen molar-refractivity contribution in [1.29, 1.82) is 0 Å². The monoisotopic (exact) mass is 673 g/mol. The number of hydrogen-bond acceptors (Lipinski definition) is 4. The van der Waals surface area contributed by atoms with Gasteiger partial charge in [-0.1, -0.05) is 146 Å². The van der Waals surface area contributed by atoms with Crippen LogP contribution in [-0.4, -0.2) is 34.8 Å². The standard InChI is InChI=1S/C47H39N5/c1-49-45(32-18-6-3-7-19-32)48-46(33-20-8-4-9-21-33)50(2)47(49)52-41-28-16-12-24-35(41)37-30-31-38-36-25-13-15-27-40(36)51(34-22-10-5-11-23-34)44(38)43(37)39-26-14-17-29-42(39)52/h3-31,45-48H,1-2H3. The molecule has 1 N–H and O–H groups in total. The van der Waals surface area contributed by atoms with E-state index in [4.69, 9.17) is 0 Å². The Morgan fingerprint density at radius 2 is 0.962 bits per heavy atom. The topological polar surface area (TPSA) is 26.7 Å². The third kappa shape index (κ3) is 4.67. The molecule has 0 bridgehead atoms. The molecule has 0 radical (unpaired) electrons. The van der Waals surface area contributed by atoms with Crippen LogP contribution in [0.25, 0.3) is 49.7 Å². The van der Waals surface area contributed by atoms with Gasteiger partial charge in [-0.05, 0) is 61.1 Å². The summed E-state index contributed by atoms with van der Waals surface area (Å²) >= 11 is 0. The molecule has 0 spiro atoms. The Morgan fingerprint density at radius 3 is 1.62 bits per heavy atom. The number of hydrogen-bond donors (Lipinski definition) is 1. The van der Waals surface area contributed by atoms with Gasteiger partial charge in [-0.2, -0.15) is 0 Å². The molecule has 1 saturated heterocycles. The van der Waals surface area contributed by atoms with Gasteiger partial charge in [0.25, 0.3) is 0 Å². The van der Waals surface area contributed by atoms with Crippen molar-refractivity contribution in [2.24, 2.45) is 0 Å². The Bertz CT molecular complexity index is 2510. The maximum Gasteiger partial charge on any atom is 0.146 e. The molecule has 10 rings (SSSR count). The van der Waals surface area contributed by atoms with E-state index in [1.165, 1.54) is 66.6 Å². The summed E-state index contributed by atoms with van der Waals surface area (Å²) in [5, 5.41) is 6.53. The zero-order valence-corrected chi connectivity index (χ0v) is 29.3. The molecule has 3 heterocycles. The third-order valence-corrected chi connectivity index (χ3v) is 11.1. The molecule has 5 nitrogen and oxygen atoms in total. The SMILES string of the molecule is CN1C(c2ccccc2)NC(c2ccccc2)N(C)C1N1c2ccccc2-c2ccc3c4ccccc4n(-c4ccccc4)c3c2-c2ccccc21. The molecule has 7 aromatic carbocycles. The van der Waals surface area contributed by atoms with Crippen molar-refractivity contribution in [2.45, 2.75) is 18.6 Å². The number of benzene rings is 7. The first-order valence-electron chi connectivity index (χ1n) is 18.1. The Kier molecular flexibility index (Phi) is 7.32. The Labute approximate surface area is 304 Å². The van der Waals surface area contributed by atoms with E-state index in [-0.39, 0.29) is 18.6 Å². The molecule has 1 fully saturated rings. The van der Waals surface area contributed by atoms with Crippen molar-refractivity contribution >= 4 is 33.2 Å². The lowest BCUT2D eigenvalue weighted by molar-refractivity contribution is -0.0596. The second kappa shape index (κ2) is 12.4. The second-order valence-electron chi connectivity index (χ2n) is 13.9. The van der Waals surface area contributed by atoms with Crippen molar-refractivity contribution in [3.63, 3.8) is 0 Å². The first-order valence-corrected chi connectivity index (χ1v) is 18.1. The van der Waals surface area contributed by atoms with Crippen LogP contribution in [0.5, 0.6) is 0 Å². The molecule has 8 aromatic rings. The summed E-state index contributed by atoms with van der Waals surface area (Å²) < 4.78 is 2.47. The van der Waals surface area contributed by atoms with Crippen molar-refractivity contribution in [3.8, 4) is 27.9 Å². The molecule has 1 aromatic heterocycles. The van der Waals surface area contributed by atoms with Gasteiger partial charge in [0, 0.05) is 33.2 Å². The molecule has 2 aliphatic heterocycles. The number of para-hydroxylation sites is 4. The van der Waals surface area contributed by atoms with Crippen molar-refractivity contribution in [1.82, 2.24) is 19.7 Å². The molecule has 2 unspecified atom stereocenters. The molecule has 2 atom stereocenters. The van der Waals surface area contributed by atoms with Crippen LogP contribution in [0.2, 0.25) is 0 Å². The van der Waals surface area contributed by atoms with E-state index >= 15 is 0 Å². The minimum absolute atomic E-state index is 0.0372. The van der Waals surface area contributed by atoms with Gasteiger partial charge in [0.1, 0.15) is 6.29 Å². The maximum atomic E-state index is 4.02. The highest BCUT2D eigenvalue weighted by atomic mass is 15.6. The lowest BCUT2D eigenvalue weighted by Crippen LogP contribution is -2.65. The normalized spacial score (nSPS) is 18.9. The minimum atomic E-state index is -0.149. The fourth-order valence-corrected chi connectivity index (χ4v) is 8.82. The number of anilines is 2. The predicted octanol–water partition coefficient (Wildman–Crippen LogP) is 10.7. The first kappa shape index (κ1) is 30.8. The number of nitrogens with one attached hydrogen (secondary N) is 1. The van der Waals surface area contributed by atoms with E-state index in [1.807, 2.05) is 0 Å². The molecule has 0 saturated carbocycles. The van der Waals surface area contributed by atoms with E-state index in [2.05, 4.69) is 215 Å². The number of aromatic nitrogens is 1. The Hall–Kier alpha value is -5.98. The molecule has 2 aliphatic rings. The van der Waals surface area contributed by atoms with Crippen LogP contribution in [-0.2, 0) is 0 Å². The van der Waals surface area contributed by atoms with E-state index in [1.54, 1.807) is 0 Å². The van der Waals surface area contributed by atoms with Gasteiger partial charge in [0.2, 0.25) is 0 Å². The number of rotatable bonds is 4. The molecule has 252 valence electrons. The Balaban J connectivity index is 1.27. The second-order valence-corrected chi connectivity index (χ2v) is 13.9. The van der Waals surface area contributed by atoms with Gasteiger partial charge in [-0.15, -0.1) is 0 Å². The third-order valence-electron chi connectivity index (χ3n) is 11.1.